The summed E-state index contributed by atoms with van der Waals surface area (Å²) < 4.78 is 36.0. The molecule has 0 saturated carbocycles. The maximum atomic E-state index is 13.8. The highest BCUT2D eigenvalue weighted by Gasteiger charge is 2.68. The molecule has 0 spiro atoms. The van der Waals surface area contributed by atoms with E-state index in [2.05, 4.69) is 78.7 Å². The number of unbranched alkanes of at least 4 members (excludes halogenated alkanes) is 12. The summed E-state index contributed by atoms with van der Waals surface area (Å²) in [6.45, 7) is 21.2. The maximum Gasteiger partial charge on any atom is 0.351 e. The fraction of sp³-hybridized carbons (Fsp3) is 0.829. The van der Waals surface area contributed by atoms with Crippen LogP contribution in [0.3, 0.4) is 0 Å². The molecule has 2 aliphatic heterocycles. The van der Waals surface area contributed by atoms with Crippen LogP contribution in [0.15, 0.2) is 17.1 Å². The fourth-order valence-corrected chi connectivity index (χ4v) is 20.3. The van der Waals surface area contributed by atoms with E-state index in [1.54, 1.807) is 6.07 Å². The molecule has 15 heteroatoms. The Balaban J connectivity index is 1.78. The van der Waals surface area contributed by atoms with Gasteiger partial charge in [-0.3, -0.25) is 9.36 Å². The van der Waals surface area contributed by atoms with Crippen molar-refractivity contribution in [2.45, 2.75) is 205 Å². The number of rotatable bonds is 22. The molecule has 318 valence electrons. The van der Waals surface area contributed by atoms with Crippen molar-refractivity contribution in [2.24, 2.45) is 0 Å². The molecule has 0 radical (unpaired) electrons. The minimum absolute atomic E-state index is 0.0198. The first-order chi connectivity index (χ1) is 26.6. The third kappa shape index (κ3) is 12.2. The number of hydrogen-bond acceptors (Lipinski definition) is 11. The number of hydrogen-bond donors (Lipinski definition) is 1. The predicted molar refractivity (Wildman–Crippen MR) is 235 cm³/mol. The average molecular weight is 853 g/mol. The summed E-state index contributed by atoms with van der Waals surface area (Å²) in [5.74, 6) is 0.567. The number of thiocarbonyl (C=S) groups is 1. The smallest absolute Gasteiger partial charge is 0.351 e. The van der Waals surface area contributed by atoms with Gasteiger partial charge in [0.15, 0.2) is 6.23 Å². The van der Waals surface area contributed by atoms with Crippen LogP contribution in [0.1, 0.15) is 165 Å². The molecular weight excluding hydrogens is 781 g/mol. The first-order valence-corrected chi connectivity index (χ1v) is 26.8. The van der Waals surface area contributed by atoms with Gasteiger partial charge in [-0.05, 0) is 52.6 Å². The predicted octanol–water partition coefficient (Wildman–Crippen LogP) is 10.8. The Kier molecular flexibility index (Phi) is 20.2. The SMILES string of the molecule is CCCCCCCCCCCCCCCC(=O)Nc1ccn([C@@H]2O[C@@H]3CO[Si](C(C)C)(C(C)C)O[Si](C(C)C)(C(C)C)O[C@H]3C2(C#N)OC(=S)SCC)c(=O)n1. The minimum Gasteiger partial charge on any atom is -0.449 e. The highest BCUT2D eigenvalue weighted by Crippen LogP contribution is 2.51. The van der Waals surface area contributed by atoms with Crippen LogP contribution in [0, 0.1) is 11.3 Å². The summed E-state index contributed by atoms with van der Waals surface area (Å²) >= 11 is 6.91. The Morgan fingerprint density at radius 1 is 0.946 bits per heavy atom. The Bertz CT molecular complexity index is 1470. The van der Waals surface area contributed by atoms with Gasteiger partial charge in [-0.25, -0.2) is 4.79 Å². The molecule has 1 aromatic rings. The van der Waals surface area contributed by atoms with E-state index in [9.17, 15) is 14.9 Å². The lowest BCUT2D eigenvalue weighted by Gasteiger charge is -2.52. The molecule has 1 unspecified atom stereocenters. The maximum absolute atomic E-state index is 13.8. The van der Waals surface area contributed by atoms with Crippen LogP contribution < -0.4 is 11.0 Å². The van der Waals surface area contributed by atoms with Crippen LogP contribution in [-0.2, 0) is 27.2 Å². The number of nitrogens with one attached hydrogen (secondary N) is 1. The molecule has 56 heavy (non-hydrogen) atoms. The van der Waals surface area contributed by atoms with E-state index >= 15 is 0 Å². The van der Waals surface area contributed by atoms with Gasteiger partial charge in [-0.2, -0.15) is 10.2 Å². The Morgan fingerprint density at radius 2 is 1.48 bits per heavy atom. The molecule has 2 saturated heterocycles. The van der Waals surface area contributed by atoms with Crippen LogP contribution >= 0.6 is 24.0 Å². The lowest BCUT2D eigenvalue weighted by molar-refractivity contribution is -0.116. The van der Waals surface area contributed by atoms with Crippen molar-refractivity contribution in [3.8, 4) is 6.07 Å². The molecule has 1 amide bonds. The van der Waals surface area contributed by atoms with Crippen molar-refractivity contribution in [3.05, 3.63) is 22.7 Å². The van der Waals surface area contributed by atoms with Crippen molar-refractivity contribution < 1.29 is 27.2 Å². The summed E-state index contributed by atoms with van der Waals surface area (Å²) in [5.41, 5.74) is -2.41. The molecule has 0 aliphatic carbocycles. The number of ether oxygens (including phenoxy) is 2. The van der Waals surface area contributed by atoms with Gasteiger partial charge in [0.1, 0.15) is 24.1 Å². The van der Waals surface area contributed by atoms with Crippen molar-refractivity contribution >= 4 is 57.2 Å². The number of thioether (sulfide) groups is 1. The number of carbonyl (C=O) groups excluding carboxylic acids is 1. The van der Waals surface area contributed by atoms with E-state index in [1.165, 1.54) is 86.7 Å². The standard InChI is InChI=1S/C41H72N4O7S2Si2/c1-11-13-14-15-16-17-18-19-20-21-22-23-24-25-36(46)43-35-26-27-45(39(47)44-35)38-41(29-42,50-40(53)54-12-2)37-34(49-38)28-48-55(30(3)4,31(5)6)52-56(51-37,32(7)8)33(9)10/h26-27,30-34,37-38H,11-25,28H2,1-10H3,(H,43,44,46,47)/t34-,37-,38-,41?/m1/s1. The van der Waals surface area contributed by atoms with Crippen molar-refractivity contribution in [3.63, 3.8) is 0 Å². The van der Waals surface area contributed by atoms with Gasteiger partial charge in [0, 0.05) is 12.6 Å². The molecule has 4 atom stereocenters. The summed E-state index contributed by atoms with van der Waals surface area (Å²) in [5, 5.41) is 13.9. The second-order valence-electron chi connectivity index (χ2n) is 16.8. The van der Waals surface area contributed by atoms with Crippen LogP contribution in [-0.4, -0.2) is 67.1 Å². The van der Waals surface area contributed by atoms with Gasteiger partial charge in [-0.15, -0.1) is 0 Å². The number of aromatic nitrogens is 2. The van der Waals surface area contributed by atoms with Gasteiger partial charge in [0.05, 0.1) is 6.61 Å². The lowest BCUT2D eigenvalue weighted by atomic mass is 9.95. The first kappa shape index (κ1) is 48.7. The quantitative estimate of drug-likeness (QED) is 0.0679. The highest BCUT2D eigenvalue weighted by molar-refractivity contribution is 8.22. The van der Waals surface area contributed by atoms with Gasteiger partial charge in [0.2, 0.25) is 10.3 Å². The molecule has 0 aromatic carbocycles. The van der Waals surface area contributed by atoms with Gasteiger partial charge >= 0.3 is 22.8 Å². The number of nitrogens with zero attached hydrogens (tertiary/aromatic N) is 3. The van der Waals surface area contributed by atoms with Crippen LogP contribution in [0.4, 0.5) is 5.82 Å². The number of fused-ring (bicyclic) bond motifs is 1. The molecule has 3 rings (SSSR count). The second kappa shape index (κ2) is 23.2. The third-order valence-corrected chi connectivity index (χ3v) is 22.6. The molecule has 1 N–H and O–H groups in total. The average Bonchev–Trinajstić information content (AvgIpc) is 3.41. The highest BCUT2D eigenvalue weighted by atomic mass is 32.2. The summed E-state index contributed by atoms with van der Waals surface area (Å²) in [6, 6.07) is 3.92. The number of carbonyl (C=O) groups is 1. The molecule has 11 nitrogen and oxygen atoms in total. The van der Waals surface area contributed by atoms with E-state index in [0.29, 0.717) is 12.2 Å². The van der Waals surface area contributed by atoms with Gasteiger partial charge in [-0.1, -0.05) is 158 Å². The third-order valence-electron chi connectivity index (χ3n) is 11.3. The Hall–Kier alpha value is -1.65. The number of amides is 1. The summed E-state index contributed by atoms with van der Waals surface area (Å²) in [6.07, 6.45) is 14.8. The first-order valence-electron chi connectivity index (χ1n) is 21.5. The van der Waals surface area contributed by atoms with E-state index in [1.807, 2.05) is 6.92 Å². The van der Waals surface area contributed by atoms with Crippen LogP contribution in [0.5, 0.6) is 0 Å². The van der Waals surface area contributed by atoms with Crippen molar-refractivity contribution in [1.82, 2.24) is 9.55 Å². The second-order valence-corrected chi connectivity index (χ2v) is 27.5. The van der Waals surface area contributed by atoms with E-state index in [4.69, 9.17) is 34.7 Å². The molecule has 2 fully saturated rings. The topological polar surface area (TPSA) is 134 Å². The van der Waals surface area contributed by atoms with E-state index in [-0.39, 0.29) is 44.9 Å². The monoisotopic (exact) mass is 852 g/mol. The molecule has 0 bridgehead atoms. The van der Waals surface area contributed by atoms with Gasteiger partial charge < -0.3 is 27.8 Å². The molecule has 1 aromatic heterocycles. The van der Waals surface area contributed by atoms with Crippen LogP contribution in [0.25, 0.3) is 0 Å². The minimum atomic E-state index is -3.22. The zero-order valence-electron chi connectivity index (χ0n) is 36.0. The van der Waals surface area contributed by atoms with Gasteiger partial charge in [0.25, 0.3) is 5.60 Å². The molecule has 2 aliphatic rings. The normalized spacial score (nSPS) is 23.2. The van der Waals surface area contributed by atoms with E-state index in [0.717, 1.165) is 19.3 Å². The fourth-order valence-electron chi connectivity index (χ4n) is 8.15. The molecular formula is C41H72N4O7S2Si2. The lowest BCUT2D eigenvalue weighted by Crippen LogP contribution is -2.67. The number of nitriles is 1. The van der Waals surface area contributed by atoms with Crippen molar-refractivity contribution in [1.29, 1.82) is 5.26 Å². The van der Waals surface area contributed by atoms with E-state index < -0.39 is 46.8 Å². The summed E-state index contributed by atoms with van der Waals surface area (Å²) in [4.78, 5) is 30.9. The zero-order valence-corrected chi connectivity index (χ0v) is 39.7. The van der Waals surface area contributed by atoms with Crippen molar-refractivity contribution in [2.75, 3.05) is 17.7 Å². The molecule has 3 heterocycles. The summed E-state index contributed by atoms with van der Waals surface area (Å²) in [7, 11) is -6.14. The number of anilines is 1. The Morgan fingerprint density at radius 3 is 1.96 bits per heavy atom. The largest absolute Gasteiger partial charge is 0.449 e. The Labute approximate surface area is 349 Å². The zero-order chi connectivity index (χ0) is 41.5. The van der Waals surface area contributed by atoms with Crippen LogP contribution in [0.2, 0.25) is 22.2 Å².